The number of hydrogen-bond acceptors (Lipinski definition) is 2. The molecule has 2 nitrogen and oxygen atoms in total. The molecule has 0 aliphatic heterocycles. The van der Waals surface area contributed by atoms with Crippen LogP contribution in [0.2, 0.25) is 0 Å². The fourth-order valence-electron chi connectivity index (χ4n) is 2.31. The van der Waals surface area contributed by atoms with Crippen LogP contribution in [0.25, 0.3) is 0 Å². The van der Waals surface area contributed by atoms with Crippen molar-refractivity contribution in [2.24, 2.45) is 0 Å². The maximum Gasteiger partial charge on any atom is 0.319 e. The van der Waals surface area contributed by atoms with Crippen molar-refractivity contribution in [3.8, 4) is 0 Å². The van der Waals surface area contributed by atoms with Crippen LogP contribution in [0, 0.1) is 0 Å². The number of esters is 1. The number of alkyl halides is 1. The Morgan fingerprint density at radius 2 is 1.90 bits per heavy atom. The lowest BCUT2D eigenvalue weighted by molar-refractivity contribution is -0.157. The molecular weight excluding hydrogens is 267 g/mol. The topological polar surface area (TPSA) is 26.3 Å². The number of unbranched alkanes of at least 4 members (excludes halogenated alkanes) is 2. The number of hydrogen-bond donors (Lipinski definition) is 0. The minimum absolute atomic E-state index is 0.112. The van der Waals surface area contributed by atoms with Crippen molar-refractivity contribution in [1.29, 1.82) is 0 Å². The van der Waals surface area contributed by atoms with Crippen LogP contribution in [0.3, 0.4) is 0 Å². The second-order valence-corrected chi connectivity index (χ2v) is 5.76. The monoisotopic (exact) mass is 294 g/mol. The predicted octanol–water partition coefficient (Wildman–Crippen LogP) is 4.82. The first-order valence-electron chi connectivity index (χ1n) is 7.91. The zero-order valence-electron chi connectivity index (χ0n) is 13.4. The molecule has 0 N–H and O–H groups in total. The normalized spacial score (nSPS) is 15.2. The molecule has 0 aliphatic carbocycles. The van der Waals surface area contributed by atoms with E-state index in [-0.39, 0.29) is 6.10 Å². The molecule has 2 unspecified atom stereocenters. The quantitative estimate of drug-likeness (QED) is 0.482. The van der Waals surface area contributed by atoms with Gasteiger partial charge >= 0.3 is 5.97 Å². The Morgan fingerprint density at radius 3 is 2.43 bits per heavy atom. The largest absolute Gasteiger partial charge is 0.462 e. The molecule has 3 heteroatoms. The molecule has 0 aliphatic rings. The molecule has 0 spiro atoms. The maximum absolute atomic E-state index is 13.5. The molecule has 1 aromatic rings. The van der Waals surface area contributed by atoms with Crippen LogP contribution in [0.4, 0.5) is 4.39 Å². The van der Waals surface area contributed by atoms with E-state index < -0.39 is 18.1 Å². The highest BCUT2D eigenvalue weighted by molar-refractivity contribution is 5.83. The van der Waals surface area contributed by atoms with Crippen molar-refractivity contribution in [3.63, 3.8) is 0 Å². The summed E-state index contributed by atoms with van der Waals surface area (Å²) >= 11 is 0. The third-order valence-corrected chi connectivity index (χ3v) is 3.99. The molecule has 0 saturated carbocycles. The van der Waals surface area contributed by atoms with Gasteiger partial charge in [0, 0.05) is 0 Å². The van der Waals surface area contributed by atoms with Gasteiger partial charge in [-0.1, -0.05) is 57.0 Å². The van der Waals surface area contributed by atoms with Crippen LogP contribution < -0.4 is 0 Å². The number of rotatable bonds is 9. The van der Waals surface area contributed by atoms with E-state index >= 15 is 0 Å². The van der Waals surface area contributed by atoms with Crippen molar-refractivity contribution in [2.45, 2.75) is 64.4 Å². The first-order valence-corrected chi connectivity index (χ1v) is 7.91. The highest BCUT2D eigenvalue weighted by Crippen LogP contribution is 2.27. The molecule has 1 rings (SSSR count). The number of ether oxygens (including phenoxy) is 1. The van der Waals surface area contributed by atoms with Crippen molar-refractivity contribution >= 4 is 5.97 Å². The van der Waals surface area contributed by atoms with Crippen molar-refractivity contribution in [3.05, 3.63) is 35.9 Å². The van der Waals surface area contributed by atoms with Gasteiger partial charge in [-0.05, 0) is 31.7 Å². The van der Waals surface area contributed by atoms with Gasteiger partial charge in [0.15, 0.2) is 0 Å². The van der Waals surface area contributed by atoms with Crippen LogP contribution in [0.5, 0.6) is 0 Å². The summed E-state index contributed by atoms with van der Waals surface area (Å²) in [5.41, 5.74) is -0.541. The zero-order chi connectivity index (χ0) is 15.7. The Morgan fingerprint density at radius 1 is 1.24 bits per heavy atom. The summed E-state index contributed by atoms with van der Waals surface area (Å²) in [6.07, 6.45) is 4.82. The van der Waals surface area contributed by atoms with E-state index in [1.54, 1.807) is 19.1 Å². The van der Waals surface area contributed by atoms with Gasteiger partial charge < -0.3 is 4.74 Å². The third kappa shape index (κ3) is 4.83. The van der Waals surface area contributed by atoms with Crippen LogP contribution in [0.15, 0.2) is 30.3 Å². The van der Waals surface area contributed by atoms with Gasteiger partial charge in [-0.25, -0.2) is 4.39 Å². The summed E-state index contributed by atoms with van der Waals surface area (Å²) in [5, 5.41) is 0. The molecule has 0 heterocycles. The Hall–Kier alpha value is -1.38. The number of carbonyl (C=O) groups excluding carboxylic acids is 1. The van der Waals surface area contributed by atoms with Crippen LogP contribution in [0.1, 0.15) is 58.4 Å². The van der Waals surface area contributed by atoms with Crippen LogP contribution >= 0.6 is 0 Å². The summed E-state index contributed by atoms with van der Waals surface area (Å²) in [7, 11) is 0. The van der Waals surface area contributed by atoms with Crippen molar-refractivity contribution < 1.29 is 13.9 Å². The van der Waals surface area contributed by atoms with Gasteiger partial charge in [-0.15, -0.1) is 0 Å². The van der Waals surface area contributed by atoms with E-state index in [9.17, 15) is 9.18 Å². The molecule has 0 amide bonds. The van der Waals surface area contributed by atoms with Gasteiger partial charge in [-0.3, -0.25) is 4.79 Å². The Balaban J connectivity index is 2.74. The van der Waals surface area contributed by atoms with E-state index in [4.69, 9.17) is 4.74 Å². The standard InChI is InChI=1S/C18H27FO2/c1-4-6-8-13-16(5-2)21-17(20)18(3,14-19)15-11-9-7-10-12-15/h7,9-12,16H,4-6,8,13-14H2,1-3H3. The van der Waals surface area contributed by atoms with Crippen molar-refractivity contribution in [1.82, 2.24) is 0 Å². The molecule has 0 radical (unpaired) electrons. The lowest BCUT2D eigenvalue weighted by atomic mass is 9.84. The highest BCUT2D eigenvalue weighted by Gasteiger charge is 2.38. The van der Waals surface area contributed by atoms with Gasteiger partial charge in [0.2, 0.25) is 0 Å². The Labute approximate surface area is 127 Å². The summed E-state index contributed by atoms with van der Waals surface area (Å²) in [6, 6.07) is 9.04. The molecule has 21 heavy (non-hydrogen) atoms. The Bertz CT molecular complexity index is 418. The molecule has 0 fully saturated rings. The lowest BCUT2D eigenvalue weighted by Gasteiger charge is -2.27. The van der Waals surface area contributed by atoms with Crippen molar-refractivity contribution in [2.75, 3.05) is 6.67 Å². The number of carbonyl (C=O) groups is 1. The van der Waals surface area contributed by atoms with E-state index in [0.717, 1.165) is 32.1 Å². The van der Waals surface area contributed by atoms with E-state index in [1.165, 1.54) is 0 Å². The van der Waals surface area contributed by atoms with Gasteiger partial charge in [0.05, 0.1) is 0 Å². The maximum atomic E-state index is 13.5. The fraction of sp³-hybridized carbons (Fsp3) is 0.611. The first-order chi connectivity index (χ1) is 10.1. The SMILES string of the molecule is CCCCCC(CC)OC(=O)C(C)(CF)c1ccccc1. The average Bonchev–Trinajstić information content (AvgIpc) is 2.53. The summed E-state index contributed by atoms with van der Waals surface area (Å²) in [6.45, 7) is 5.01. The summed E-state index contributed by atoms with van der Waals surface area (Å²) in [4.78, 5) is 12.4. The van der Waals surface area contributed by atoms with Crippen LogP contribution in [-0.2, 0) is 14.9 Å². The molecule has 0 aromatic heterocycles. The second kappa shape index (κ2) is 8.81. The van der Waals surface area contributed by atoms with E-state index in [2.05, 4.69) is 6.92 Å². The molecule has 0 saturated heterocycles. The number of benzene rings is 1. The van der Waals surface area contributed by atoms with E-state index in [0.29, 0.717) is 5.56 Å². The molecule has 0 bridgehead atoms. The smallest absolute Gasteiger partial charge is 0.319 e. The summed E-state index contributed by atoms with van der Waals surface area (Å²) < 4.78 is 19.1. The minimum Gasteiger partial charge on any atom is -0.462 e. The third-order valence-electron chi connectivity index (χ3n) is 3.99. The van der Waals surface area contributed by atoms with Crippen LogP contribution in [-0.4, -0.2) is 18.7 Å². The first kappa shape index (κ1) is 17.7. The molecule has 118 valence electrons. The fourth-order valence-corrected chi connectivity index (χ4v) is 2.31. The van der Waals surface area contributed by atoms with Gasteiger partial charge in [0.1, 0.15) is 18.2 Å². The summed E-state index contributed by atoms with van der Waals surface area (Å²) in [5.74, 6) is -0.459. The molecule has 2 atom stereocenters. The van der Waals surface area contributed by atoms with Gasteiger partial charge in [-0.2, -0.15) is 0 Å². The minimum atomic E-state index is -1.21. The zero-order valence-corrected chi connectivity index (χ0v) is 13.4. The lowest BCUT2D eigenvalue weighted by Crippen LogP contribution is -2.38. The Kier molecular flexibility index (Phi) is 7.41. The van der Waals surface area contributed by atoms with Gasteiger partial charge in [0.25, 0.3) is 0 Å². The average molecular weight is 294 g/mol. The highest BCUT2D eigenvalue weighted by atomic mass is 19.1. The molecular formula is C18H27FO2. The number of halogens is 1. The van der Waals surface area contributed by atoms with E-state index in [1.807, 2.05) is 25.1 Å². The molecule has 1 aromatic carbocycles. The second-order valence-electron chi connectivity index (χ2n) is 5.76. The predicted molar refractivity (Wildman–Crippen MR) is 84.1 cm³/mol.